The van der Waals surface area contributed by atoms with Crippen LogP contribution in [0.25, 0.3) is 0 Å². The molecule has 126 valence electrons. The first kappa shape index (κ1) is 17.4. The van der Waals surface area contributed by atoms with Crippen molar-refractivity contribution in [3.8, 4) is 5.75 Å². The van der Waals surface area contributed by atoms with Crippen LogP contribution in [0.15, 0.2) is 76.2 Å². The Bertz CT molecular complexity index is 868. The molecule has 0 heterocycles. The van der Waals surface area contributed by atoms with Crippen molar-refractivity contribution >= 4 is 27.8 Å². The highest BCUT2D eigenvalue weighted by molar-refractivity contribution is 9.10. The molecule has 0 spiro atoms. The van der Waals surface area contributed by atoms with E-state index in [0.29, 0.717) is 6.61 Å². The number of hydrogen-bond donors (Lipinski definition) is 0. The van der Waals surface area contributed by atoms with Gasteiger partial charge in [0.2, 0.25) is 0 Å². The van der Waals surface area contributed by atoms with Crippen LogP contribution in [-0.2, 0) is 6.61 Å². The van der Waals surface area contributed by atoms with E-state index < -0.39 is 0 Å². The van der Waals surface area contributed by atoms with Crippen LogP contribution in [0.2, 0.25) is 0 Å². The molecule has 3 aromatic rings. The average molecular weight is 394 g/mol. The van der Waals surface area contributed by atoms with Gasteiger partial charge in [-0.05, 0) is 71.2 Å². The third-order valence-electron chi connectivity index (χ3n) is 3.87. The first-order valence-corrected chi connectivity index (χ1v) is 8.98. The molecule has 0 atom stereocenters. The van der Waals surface area contributed by atoms with E-state index in [1.807, 2.05) is 36.5 Å². The second-order valence-electron chi connectivity index (χ2n) is 6.06. The lowest BCUT2D eigenvalue weighted by molar-refractivity contribution is 0.304. The molecule has 3 aromatic carbocycles. The molecule has 0 aliphatic rings. The molecule has 25 heavy (non-hydrogen) atoms. The summed E-state index contributed by atoms with van der Waals surface area (Å²) in [6, 6.07) is 22.5. The van der Waals surface area contributed by atoms with Crippen LogP contribution in [0, 0.1) is 13.8 Å². The van der Waals surface area contributed by atoms with Gasteiger partial charge >= 0.3 is 0 Å². The van der Waals surface area contributed by atoms with Crippen LogP contribution in [-0.4, -0.2) is 6.21 Å². The highest BCUT2D eigenvalue weighted by Gasteiger charge is 2.03. The fourth-order valence-corrected chi connectivity index (χ4v) is 2.85. The minimum atomic E-state index is 0.551. The summed E-state index contributed by atoms with van der Waals surface area (Å²) in [7, 11) is 0. The highest BCUT2D eigenvalue weighted by atomic mass is 79.9. The number of rotatable bonds is 5. The van der Waals surface area contributed by atoms with Crippen molar-refractivity contribution in [3.05, 3.63) is 93.5 Å². The Kier molecular flexibility index (Phi) is 5.67. The van der Waals surface area contributed by atoms with E-state index in [0.717, 1.165) is 27.0 Å². The standard InChI is InChI=1S/C22H20BrNO/c1-16-3-7-18(8-4-16)15-25-22-12-9-19(13-21(22)23)14-24-20-10-5-17(2)6-11-20/h3-14H,15H2,1-2H3. The maximum Gasteiger partial charge on any atom is 0.134 e. The molecule has 0 saturated heterocycles. The lowest BCUT2D eigenvalue weighted by atomic mass is 10.2. The molecule has 3 rings (SSSR count). The van der Waals surface area contributed by atoms with Crippen molar-refractivity contribution in [2.75, 3.05) is 0 Å². The second kappa shape index (κ2) is 8.13. The molecule has 0 radical (unpaired) electrons. The fourth-order valence-electron chi connectivity index (χ4n) is 2.34. The predicted molar refractivity (Wildman–Crippen MR) is 108 cm³/mol. The molecule has 0 fully saturated rings. The van der Waals surface area contributed by atoms with Gasteiger partial charge in [0.25, 0.3) is 0 Å². The van der Waals surface area contributed by atoms with Gasteiger partial charge in [-0.15, -0.1) is 0 Å². The Labute approximate surface area is 157 Å². The zero-order valence-electron chi connectivity index (χ0n) is 14.4. The number of aryl methyl sites for hydroxylation is 2. The Morgan fingerprint density at radius 1 is 0.880 bits per heavy atom. The minimum Gasteiger partial charge on any atom is -0.488 e. The fraction of sp³-hybridized carbons (Fsp3) is 0.136. The summed E-state index contributed by atoms with van der Waals surface area (Å²) in [5.41, 5.74) is 5.61. The molecule has 0 aliphatic carbocycles. The molecule has 0 aromatic heterocycles. The van der Waals surface area contributed by atoms with Crippen molar-refractivity contribution in [3.63, 3.8) is 0 Å². The van der Waals surface area contributed by atoms with Crippen LogP contribution in [0.3, 0.4) is 0 Å². The average Bonchev–Trinajstić information content (AvgIpc) is 2.62. The first-order valence-electron chi connectivity index (χ1n) is 8.19. The molecular formula is C22H20BrNO. The van der Waals surface area contributed by atoms with Crippen LogP contribution < -0.4 is 4.74 Å². The Hall–Kier alpha value is -2.39. The number of aliphatic imine (C=N–C) groups is 1. The van der Waals surface area contributed by atoms with Gasteiger partial charge in [0, 0.05) is 6.21 Å². The van der Waals surface area contributed by atoms with Gasteiger partial charge in [-0.1, -0.05) is 47.5 Å². The van der Waals surface area contributed by atoms with Gasteiger partial charge in [-0.25, -0.2) is 0 Å². The van der Waals surface area contributed by atoms with Gasteiger partial charge in [0.05, 0.1) is 10.2 Å². The van der Waals surface area contributed by atoms with Crippen LogP contribution in [0.5, 0.6) is 5.75 Å². The van der Waals surface area contributed by atoms with E-state index in [9.17, 15) is 0 Å². The molecule has 0 amide bonds. The molecule has 0 bridgehead atoms. The molecule has 0 aliphatic heterocycles. The van der Waals surface area contributed by atoms with Gasteiger partial charge < -0.3 is 4.74 Å². The molecule has 0 saturated carbocycles. The largest absolute Gasteiger partial charge is 0.488 e. The highest BCUT2D eigenvalue weighted by Crippen LogP contribution is 2.26. The van der Waals surface area contributed by atoms with E-state index in [1.165, 1.54) is 11.1 Å². The van der Waals surface area contributed by atoms with Crippen molar-refractivity contribution in [2.45, 2.75) is 20.5 Å². The quantitative estimate of drug-likeness (QED) is 0.459. The smallest absolute Gasteiger partial charge is 0.134 e. The van der Waals surface area contributed by atoms with E-state index in [4.69, 9.17) is 4.74 Å². The summed E-state index contributed by atoms with van der Waals surface area (Å²) in [4.78, 5) is 4.50. The molecular weight excluding hydrogens is 374 g/mol. The lowest BCUT2D eigenvalue weighted by Gasteiger charge is -2.09. The second-order valence-corrected chi connectivity index (χ2v) is 6.91. The molecule has 0 unspecified atom stereocenters. The summed E-state index contributed by atoms with van der Waals surface area (Å²) in [6.45, 7) is 4.70. The lowest BCUT2D eigenvalue weighted by Crippen LogP contribution is -1.96. The maximum atomic E-state index is 5.90. The van der Waals surface area contributed by atoms with Crippen molar-refractivity contribution in [2.24, 2.45) is 4.99 Å². The third kappa shape index (κ3) is 5.04. The molecule has 0 N–H and O–H groups in total. The summed E-state index contributed by atoms with van der Waals surface area (Å²) in [5.74, 6) is 0.827. The van der Waals surface area contributed by atoms with E-state index in [-0.39, 0.29) is 0 Å². The maximum absolute atomic E-state index is 5.90. The van der Waals surface area contributed by atoms with Crippen LogP contribution in [0.1, 0.15) is 22.3 Å². The van der Waals surface area contributed by atoms with Gasteiger partial charge in [0.15, 0.2) is 0 Å². The summed E-state index contributed by atoms with van der Waals surface area (Å²) >= 11 is 3.58. The minimum absolute atomic E-state index is 0.551. The van der Waals surface area contributed by atoms with Crippen molar-refractivity contribution in [1.82, 2.24) is 0 Å². The summed E-state index contributed by atoms with van der Waals surface area (Å²) in [6.07, 6.45) is 1.86. The SMILES string of the molecule is Cc1ccc(COc2ccc(C=Nc3ccc(C)cc3)cc2Br)cc1. The van der Waals surface area contributed by atoms with Crippen LogP contribution in [0.4, 0.5) is 5.69 Å². The number of halogens is 1. The number of benzene rings is 3. The third-order valence-corrected chi connectivity index (χ3v) is 4.49. The van der Waals surface area contributed by atoms with Gasteiger partial charge in [-0.2, -0.15) is 0 Å². The summed E-state index contributed by atoms with van der Waals surface area (Å²) in [5, 5.41) is 0. The monoisotopic (exact) mass is 393 g/mol. The van der Waals surface area contributed by atoms with Gasteiger partial charge in [-0.3, -0.25) is 4.99 Å². The van der Waals surface area contributed by atoms with Gasteiger partial charge in [0.1, 0.15) is 12.4 Å². The Morgan fingerprint density at radius 3 is 2.16 bits per heavy atom. The van der Waals surface area contributed by atoms with Crippen molar-refractivity contribution < 1.29 is 4.74 Å². The normalized spacial score (nSPS) is 11.0. The molecule has 3 heteroatoms. The van der Waals surface area contributed by atoms with Crippen LogP contribution >= 0.6 is 15.9 Å². The zero-order valence-corrected chi connectivity index (χ0v) is 16.0. The topological polar surface area (TPSA) is 21.6 Å². The van der Waals surface area contributed by atoms with E-state index in [1.54, 1.807) is 0 Å². The van der Waals surface area contributed by atoms with Crippen molar-refractivity contribution in [1.29, 1.82) is 0 Å². The number of ether oxygens (including phenoxy) is 1. The number of hydrogen-bond acceptors (Lipinski definition) is 2. The zero-order chi connectivity index (χ0) is 17.6. The van der Waals surface area contributed by atoms with E-state index >= 15 is 0 Å². The Morgan fingerprint density at radius 2 is 1.52 bits per heavy atom. The predicted octanol–water partition coefficient (Wildman–Crippen LogP) is 6.40. The first-order chi connectivity index (χ1) is 12.1. The van der Waals surface area contributed by atoms with E-state index in [2.05, 4.69) is 71.2 Å². The Balaban J connectivity index is 1.65. The molecule has 2 nitrogen and oxygen atoms in total. The summed E-state index contributed by atoms with van der Waals surface area (Å²) < 4.78 is 6.83. The number of nitrogens with zero attached hydrogens (tertiary/aromatic N) is 1.